The van der Waals surface area contributed by atoms with Crippen LogP contribution in [0.3, 0.4) is 0 Å². The molecule has 3 heteroatoms. The molecule has 0 spiro atoms. The minimum absolute atomic E-state index is 0.234. The van der Waals surface area contributed by atoms with Crippen molar-refractivity contribution in [1.29, 1.82) is 0 Å². The van der Waals surface area contributed by atoms with Crippen molar-refractivity contribution in [3.05, 3.63) is 0 Å². The molecule has 0 aromatic carbocycles. The highest BCUT2D eigenvalue weighted by Gasteiger charge is 2.18. The minimum Gasteiger partial charge on any atom is -0.353 e. The van der Waals surface area contributed by atoms with Crippen molar-refractivity contribution in [2.75, 3.05) is 6.54 Å². The van der Waals surface area contributed by atoms with Crippen LogP contribution in [0.2, 0.25) is 0 Å². The zero-order chi connectivity index (χ0) is 11.8. The van der Waals surface area contributed by atoms with Crippen molar-refractivity contribution in [1.82, 2.24) is 5.32 Å². The molecule has 1 aliphatic carbocycles. The molecule has 2 unspecified atom stereocenters. The topological polar surface area (TPSA) is 55.1 Å². The summed E-state index contributed by atoms with van der Waals surface area (Å²) in [7, 11) is 0. The molecule has 1 amide bonds. The lowest BCUT2D eigenvalue weighted by molar-refractivity contribution is -0.122. The zero-order valence-electron chi connectivity index (χ0n) is 10.5. The molecule has 0 saturated heterocycles. The molecule has 2 atom stereocenters. The fourth-order valence-electron chi connectivity index (χ4n) is 2.40. The molecule has 1 rings (SSSR count). The van der Waals surface area contributed by atoms with Gasteiger partial charge >= 0.3 is 0 Å². The van der Waals surface area contributed by atoms with E-state index >= 15 is 0 Å². The second kappa shape index (κ2) is 7.66. The van der Waals surface area contributed by atoms with Crippen LogP contribution in [0.25, 0.3) is 0 Å². The van der Waals surface area contributed by atoms with Gasteiger partial charge in [-0.15, -0.1) is 0 Å². The van der Waals surface area contributed by atoms with E-state index in [1.165, 1.54) is 19.3 Å². The number of carbonyl (C=O) groups is 1. The van der Waals surface area contributed by atoms with Gasteiger partial charge in [0.15, 0.2) is 0 Å². The van der Waals surface area contributed by atoms with Gasteiger partial charge in [0.25, 0.3) is 0 Å². The van der Waals surface area contributed by atoms with E-state index in [4.69, 9.17) is 5.73 Å². The average molecular weight is 226 g/mol. The Hall–Kier alpha value is -0.570. The molecule has 3 nitrogen and oxygen atoms in total. The Bertz CT molecular complexity index is 206. The summed E-state index contributed by atoms with van der Waals surface area (Å²) in [6, 6.07) is 0.404. The number of amides is 1. The predicted molar refractivity (Wildman–Crippen MR) is 67.1 cm³/mol. The molecular weight excluding hydrogens is 200 g/mol. The highest BCUT2D eigenvalue weighted by atomic mass is 16.1. The number of carbonyl (C=O) groups excluding carboxylic acids is 1. The summed E-state index contributed by atoms with van der Waals surface area (Å²) < 4.78 is 0. The van der Waals surface area contributed by atoms with Gasteiger partial charge in [0.1, 0.15) is 0 Å². The Morgan fingerprint density at radius 1 is 1.31 bits per heavy atom. The molecule has 16 heavy (non-hydrogen) atoms. The lowest BCUT2D eigenvalue weighted by atomic mass is 10.0. The number of unbranched alkanes of at least 4 members (excludes halogenated alkanes) is 1. The van der Waals surface area contributed by atoms with Crippen LogP contribution in [-0.4, -0.2) is 18.5 Å². The quantitative estimate of drug-likeness (QED) is 0.706. The van der Waals surface area contributed by atoms with Crippen molar-refractivity contribution >= 4 is 5.91 Å². The molecule has 3 N–H and O–H groups in total. The average Bonchev–Trinajstić information content (AvgIpc) is 2.51. The fourth-order valence-corrected chi connectivity index (χ4v) is 2.40. The van der Waals surface area contributed by atoms with Gasteiger partial charge in [-0.2, -0.15) is 0 Å². The van der Waals surface area contributed by atoms with Gasteiger partial charge in [-0.3, -0.25) is 4.79 Å². The lowest BCUT2D eigenvalue weighted by Crippen LogP contribution is -2.34. The second-order valence-corrected chi connectivity index (χ2v) is 4.98. The number of nitrogens with two attached hydrogens (primary N) is 1. The van der Waals surface area contributed by atoms with Gasteiger partial charge in [-0.05, 0) is 44.6 Å². The first-order valence-electron chi connectivity index (χ1n) is 6.75. The Labute approximate surface area is 99.2 Å². The fraction of sp³-hybridized carbons (Fsp3) is 0.923. The van der Waals surface area contributed by atoms with Crippen LogP contribution < -0.4 is 11.1 Å². The molecule has 0 bridgehead atoms. The van der Waals surface area contributed by atoms with Gasteiger partial charge in [0, 0.05) is 12.5 Å². The van der Waals surface area contributed by atoms with Gasteiger partial charge in [0.05, 0.1) is 0 Å². The van der Waals surface area contributed by atoms with Gasteiger partial charge < -0.3 is 11.1 Å². The van der Waals surface area contributed by atoms with Crippen molar-refractivity contribution in [3.8, 4) is 0 Å². The summed E-state index contributed by atoms with van der Waals surface area (Å²) in [4.78, 5) is 11.6. The molecule has 0 aromatic rings. The smallest absolute Gasteiger partial charge is 0.220 e. The van der Waals surface area contributed by atoms with Crippen LogP contribution in [0.15, 0.2) is 0 Å². The minimum atomic E-state index is 0.234. The standard InChI is InChI=1S/C13H26N2O/c1-2-3-7-13(16)15-12-6-4-5-11(10-14)8-9-12/h11-12H,2-10,14H2,1H3,(H,15,16). The lowest BCUT2D eigenvalue weighted by Gasteiger charge is -2.16. The molecule has 0 radical (unpaired) electrons. The third kappa shape index (κ3) is 4.97. The second-order valence-electron chi connectivity index (χ2n) is 4.98. The summed E-state index contributed by atoms with van der Waals surface area (Å²) in [6.07, 6.45) is 8.65. The Balaban J connectivity index is 2.24. The monoisotopic (exact) mass is 226 g/mol. The normalized spacial score (nSPS) is 26.1. The van der Waals surface area contributed by atoms with Crippen LogP contribution >= 0.6 is 0 Å². The predicted octanol–water partition coefficient (Wildman–Crippen LogP) is 2.20. The van der Waals surface area contributed by atoms with E-state index in [-0.39, 0.29) is 5.91 Å². The molecule has 0 aliphatic heterocycles. The first-order chi connectivity index (χ1) is 7.76. The number of hydrogen-bond acceptors (Lipinski definition) is 2. The van der Waals surface area contributed by atoms with Crippen molar-refractivity contribution in [3.63, 3.8) is 0 Å². The van der Waals surface area contributed by atoms with Crippen LogP contribution in [0.1, 0.15) is 58.3 Å². The third-order valence-corrected chi connectivity index (χ3v) is 3.54. The van der Waals surface area contributed by atoms with Crippen molar-refractivity contribution in [2.45, 2.75) is 64.3 Å². The van der Waals surface area contributed by atoms with E-state index in [1.54, 1.807) is 0 Å². The van der Waals surface area contributed by atoms with Crippen LogP contribution in [0.4, 0.5) is 0 Å². The Kier molecular flexibility index (Phi) is 6.46. The maximum atomic E-state index is 11.6. The first kappa shape index (κ1) is 13.5. The van der Waals surface area contributed by atoms with Gasteiger partial charge in [-0.25, -0.2) is 0 Å². The van der Waals surface area contributed by atoms with Gasteiger partial charge in [-0.1, -0.05) is 19.8 Å². The molecule has 94 valence electrons. The van der Waals surface area contributed by atoms with Crippen LogP contribution in [-0.2, 0) is 4.79 Å². The van der Waals surface area contributed by atoms with E-state index in [1.807, 2.05) is 0 Å². The summed E-state index contributed by atoms with van der Waals surface area (Å²) in [6.45, 7) is 2.92. The van der Waals surface area contributed by atoms with Crippen molar-refractivity contribution < 1.29 is 4.79 Å². The van der Waals surface area contributed by atoms with Crippen LogP contribution in [0.5, 0.6) is 0 Å². The Morgan fingerprint density at radius 2 is 2.12 bits per heavy atom. The summed E-state index contributed by atoms with van der Waals surface area (Å²) in [5.41, 5.74) is 5.70. The third-order valence-electron chi connectivity index (χ3n) is 3.54. The summed E-state index contributed by atoms with van der Waals surface area (Å²) >= 11 is 0. The number of rotatable bonds is 5. The van der Waals surface area contributed by atoms with E-state index in [2.05, 4.69) is 12.2 Å². The summed E-state index contributed by atoms with van der Waals surface area (Å²) in [5.74, 6) is 0.913. The molecule has 1 saturated carbocycles. The van der Waals surface area contributed by atoms with Gasteiger partial charge in [0.2, 0.25) is 5.91 Å². The SMILES string of the molecule is CCCCC(=O)NC1CCCC(CN)CC1. The zero-order valence-corrected chi connectivity index (χ0v) is 10.5. The molecule has 1 fully saturated rings. The summed E-state index contributed by atoms with van der Waals surface area (Å²) in [5, 5.41) is 3.16. The van der Waals surface area contributed by atoms with E-state index in [0.29, 0.717) is 18.4 Å². The molecule has 1 aliphatic rings. The number of nitrogens with one attached hydrogen (secondary N) is 1. The van der Waals surface area contributed by atoms with E-state index in [9.17, 15) is 4.79 Å². The maximum Gasteiger partial charge on any atom is 0.220 e. The molecule has 0 heterocycles. The first-order valence-corrected chi connectivity index (χ1v) is 6.75. The Morgan fingerprint density at radius 3 is 2.81 bits per heavy atom. The highest BCUT2D eigenvalue weighted by molar-refractivity contribution is 5.76. The number of hydrogen-bond donors (Lipinski definition) is 2. The van der Waals surface area contributed by atoms with E-state index in [0.717, 1.165) is 32.2 Å². The molecular formula is C13H26N2O. The van der Waals surface area contributed by atoms with Crippen LogP contribution in [0, 0.1) is 5.92 Å². The van der Waals surface area contributed by atoms with Crippen molar-refractivity contribution in [2.24, 2.45) is 11.7 Å². The maximum absolute atomic E-state index is 11.6. The van der Waals surface area contributed by atoms with E-state index < -0.39 is 0 Å². The molecule has 0 aromatic heterocycles. The highest BCUT2D eigenvalue weighted by Crippen LogP contribution is 2.22. The largest absolute Gasteiger partial charge is 0.353 e.